The molecule has 1 unspecified atom stereocenters. The van der Waals surface area contributed by atoms with Gasteiger partial charge in [0.05, 0.1) is 19.8 Å². The second kappa shape index (κ2) is 12.2. The van der Waals surface area contributed by atoms with Crippen LogP contribution in [0.4, 0.5) is 8.78 Å². The van der Waals surface area contributed by atoms with Gasteiger partial charge in [-0.15, -0.1) is 0 Å². The number of alkyl halides is 2. The van der Waals surface area contributed by atoms with E-state index in [1.54, 1.807) is 36.4 Å². The molecule has 0 aliphatic carbocycles. The van der Waals surface area contributed by atoms with E-state index in [2.05, 4.69) is 15.9 Å². The number of carbonyl (C=O) groups is 1. The Morgan fingerprint density at radius 1 is 0.943 bits per heavy atom. The Labute approximate surface area is 212 Å². The van der Waals surface area contributed by atoms with Crippen molar-refractivity contribution in [3.8, 4) is 0 Å². The minimum absolute atomic E-state index is 0.0167. The second-order valence-electron chi connectivity index (χ2n) is 7.52. The predicted octanol–water partition coefficient (Wildman–Crippen LogP) is 7.91. The summed E-state index contributed by atoms with van der Waals surface area (Å²) in [7, 11) is -4.74. The first-order valence-corrected chi connectivity index (χ1v) is 13.4. The smallest absolute Gasteiger partial charge is 0.361 e. The summed E-state index contributed by atoms with van der Waals surface area (Å²) in [4.78, 5) is 13.2. The van der Waals surface area contributed by atoms with E-state index in [1.807, 2.05) is 24.3 Å². The quantitative estimate of drug-likeness (QED) is 0.165. The van der Waals surface area contributed by atoms with Gasteiger partial charge in [0.15, 0.2) is 5.78 Å². The zero-order chi connectivity index (χ0) is 25.5. The summed E-state index contributed by atoms with van der Waals surface area (Å²) < 4.78 is 58.9. The van der Waals surface area contributed by atoms with Gasteiger partial charge in [0.1, 0.15) is 6.10 Å². The van der Waals surface area contributed by atoms with Crippen LogP contribution in [0.25, 0.3) is 0 Å². The third kappa shape index (κ3) is 6.32. The number of hydrogen-bond donors (Lipinski definition) is 0. The fourth-order valence-electron chi connectivity index (χ4n) is 3.46. The fraction of sp³-hybridized carbons (Fsp3) is 0.269. The van der Waals surface area contributed by atoms with Crippen molar-refractivity contribution in [2.24, 2.45) is 0 Å². The Hall–Kier alpha value is -2.22. The number of Topliss-reactive ketones (excluding diaryl/α,β-unsaturated/α-hetero) is 1. The maximum absolute atomic E-state index is 15.2. The molecule has 186 valence electrons. The highest BCUT2D eigenvalue weighted by molar-refractivity contribution is 9.10. The van der Waals surface area contributed by atoms with Crippen molar-refractivity contribution in [2.75, 3.05) is 13.2 Å². The standard InChI is InChI=1S/C26H26BrF2O5P/c1-3-33-35(31,34-4-2)26(28,29)22-16-15-19(17-23(22)27)18-32-25(21-13-9-6-10-14-21)24(30)20-11-7-5-8-12-20/h5-17,25H,3-4,18H2,1-2H3. The molecule has 0 radical (unpaired) electrons. The Morgan fingerprint density at radius 3 is 2.06 bits per heavy atom. The van der Waals surface area contributed by atoms with Crippen LogP contribution in [0.2, 0.25) is 0 Å². The molecular weight excluding hydrogens is 541 g/mol. The van der Waals surface area contributed by atoms with Crippen LogP contribution in [0.3, 0.4) is 0 Å². The number of rotatable bonds is 12. The third-order valence-corrected chi connectivity index (χ3v) is 7.90. The van der Waals surface area contributed by atoms with Crippen LogP contribution in [-0.4, -0.2) is 19.0 Å². The molecule has 0 N–H and O–H groups in total. The maximum Gasteiger partial charge on any atom is 0.404 e. The molecule has 3 rings (SSSR count). The summed E-state index contributed by atoms with van der Waals surface area (Å²) in [6.45, 7) is 2.55. The normalized spacial score (nSPS) is 12.9. The molecule has 0 bridgehead atoms. The lowest BCUT2D eigenvalue weighted by Crippen LogP contribution is -2.19. The minimum atomic E-state index is -4.74. The molecular formula is C26H26BrF2O5P. The van der Waals surface area contributed by atoms with Crippen molar-refractivity contribution in [1.82, 2.24) is 0 Å². The van der Waals surface area contributed by atoms with E-state index in [9.17, 15) is 9.36 Å². The van der Waals surface area contributed by atoms with Crippen molar-refractivity contribution in [3.05, 3.63) is 106 Å². The Balaban J connectivity index is 1.85. The van der Waals surface area contributed by atoms with E-state index in [4.69, 9.17) is 13.8 Å². The SMILES string of the molecule is CCOP(=O)(OCC)C(F)(F)c1ccc(COC(C(=O)c2ccccc2)c2ccccc2)cc1Br. The van der Waals surface area contributed by atoms with Crippen LogP contribution < -0.4 is 0 Å². The number of ether oxygens (including phenoxy) is 1. The monoisotopic (exact) mass is 566 g/mol. The molecule has 0 aromatic heterocycles. The molecule has 0 heterocycles. The van der Waals surface area contributed by atoms with E-state index in [1.165, 1.54) is 26.0 Å². The van der Waals surface area contributed by atoms with Gasteiger partial charge in [0.25, 0.3) is 0 Å². The highest BCUT2D eigenvalue weighted by Gasteiger charge is 2.55. The zero-order valence-corrected chi connectivity index (χ0v) is 21.8. The molecule has 0 saturated heterocycles. The lowest BCUT2D eigenvalue weighted by molar-refractivity contribution is 0.0325. The zero-order valence-electron chi connectivity index (χ0n) is 19.3. The van der Waals surface area contributed by atoms with Crippen molar-refractivity contribution in [1.29, 1.82) is 0 Å². The molecule has 5 nitrogen and oxygen atoms in total. The molecule has 1 atom stereocenters. The maximum atomic E-state index is 15.2. The molecule has 35 heavy (non-hydrogen) atoms. The molecule has 0 amide bonds. The summed E-state index contributed by atoms with van der Waals surface area (Å²) in [5, 5.41) is 0. The Bertz CT molecular complexity index is 1160. The largest absolute Gasteiger partial charge is 0.404 e. The molecule has 0 aliphatic heterocycles. The molecule has 0 spiro atoms. The van der Waals surface area contributed by atoms with Crippen molar-refractivity contribution >= 4 is 29.3 Å². The van der Waals surface area contributed by atoms with Gasteiger partial charge in [0.2, 0.25) is 0 Å². The highest BCUT2D eigenvalue weighted by Crippen LogP contribution is 2.67. The van der Waals surface area contributed by atoms with Crippen LogP contribution in [0.5, 0.6) is 0 Å². The summed E-state index contributed by atoms with van der Waals surface area (Å²) >= 11 is 3.16. The third-order valence-electron chi connectivity index (χ3n) is 5.12. The first kappa shape index (κ1) is 27.4. The van der Waals surface area contributed by atoms with Crippen LogP contribution in [0, 0.1) is 0 Å². The van der Waals surface area contributed by atoms with E-state index in [0.717, 1.165) is 6.07 Å². The van der Waals surface area contributed by atoms with E-state index >= 15 is 8.78 Å². The fourth-order valence-corrected chi connectivity index (χ4v) is 5.86. The van der Waals surface area contributed by atoms with Crippen LogP contribution in [-0.2, 0) is 30.6 Å². The molecule has 0 aliphatic rings. The summed E-state index contributed by atoms with van der Waals surface area (Å²) in [5.41, 5.74) is -2.67. The molecule has 3 aromatic carbocycles. The number of halogens is 3. The van der Waals surface area contributed by atoms with Crippen LogP contribution in [0.15, 0.2) is 83.3 Å². The number of ketones is 1. The van der Waals surface area contributed by atoms with Crippen molar-refractivity contribution in [2.45, 2.75) is 32.2 Å². The summed E-state index contributed by atoms with van der Waals surface area (Å²) in [6.07, 6.45) is -0.880. The Kier molecular flexibility index (Phi) is 9.50. The van der Waals surface area contributed by atoms with Gasteiger partial charge >= 0.3 is 13.3 Å². The topological polar surface area (TPSA) is 61.8 Å². The van der Waals surface area contributed by atoms with Gasteiger partial charge < -0.3 is 13.8 Å². The molecule has 0 fully saturated rings. The van der Waals surface area contributed by atoms with Crippen molar-refractivity contribution in [3.63, 3.8) is 0 Å². The number of hydrogen-bond acceptors (Lipinski definition) is 5. The summed E-state index contributed by atoms with van der Waals surface area (Å²) in [6, 6.07) is 21.9. The number of benzene rings is 3. The first-order valence-electron chi connectivity index (χ1n) is 11.0. The minimum Gasteiger partial charge on any atom is -0.361 e. The van der Waals surface area contributed by atoms with Gasteiger partial charge in [-0.05, 0) is 31.0 Å². The predicted molar refractivity (Wildman–Crippen MR) is 134 cm³/mol. The summed E-state index contributed by atoms with van der Waals surface area (Å²) in [5.74, 6) is -0.214. The van der Waals surface area contributed by atoms with Gasteiger partial charge in [0, 0.05) is 15.6 Å². The highest BCUT2D eigenvalue weighted by atomic mass is 79.9. The first-order chi connectivity index (χ1) is 16.7. The van der Waals surface area contributed by atoms with Gasteiger partial charge in [-0.25, -0.2) is 0 Å². The Morgan fingerprint density at radius 2 is 1.51 bits per heavy atom. The van der Waals surface area contributed by atoms with Crippen molar-refractivity contribution < 1.29 is 31.9 Å². The lowest BCUT2D eigenvalue weighted by Gasteiger charge is -2.27. The van der Waals surface area contributed by atoms with E-state index < -0.39 is 24.9 Å². The molecule has 9 heteroatoms. The average Bonchev–Trinajstić information content (AvgIpc) is 2.85. The van der Waals surface area contributed by atoms with Crippen LogP contribution in [0.1, 0.15) is 47.0 Å². The number of carbonyl (C=O) groups excluding carboxylic acids is 1. The van der Waals surface area contributed by atoms with Gasteiger partial charge in [-0.3, -0.25) is 9.36 Å². The lowest BCUT2D eigenvalue weighted by atomic mass is 10.00. The van der Waals surface area contributed by atoms with E-state index in [0.29, 0.717) is 16.7 Å². The van der Waals surface area contributed by atoms with Crippen LogP contribution >= 0.6 is 23.5 Å². The van der Waals surface area contributed by atoms with E-state index in [-0.39, 0.29) is 30.1 Å². The van der Waals surface area contributed by atoms with Gasteiger partial charge in [-0.2, -0.15) is 8.78 Å². The average molecular weight is 567 g/mol. The molecule has 3 aromatic rings. The second-order valence-corrected chi connectivity index (χ2v) is 10.4. The molecule has 0 saturated carbocycles. The van der Waals surface area contributed by atoms with Gasteiger partial charge in [-0.1, -0.05) is 88.7 Å².